The zero-order chi connectivity index (χ0) is 17.3. The first-order valence-corrected chi connectivity index (χ1v) is 9.14. The Morgan fingerprint density at radius 3 is 2.57 bits per heavy atom. The second-order valence-corrected chi connectivity index (χ2v) is 8.58. The predicted octanol–water partition coefficient (Wildman–Crippen LogP) is 0.999. The van der Waals surface area contributed by atoms with E-state index in [-0.39, 0.29) is 5.69 Å². The fraction of sp³-hybridized carbons (Fsp3) is 0.643. The molecule has 1 amide bonds. The highest BCUT2D eigenvalue weighted by molar-refractivity contribution is 7.92. The van der Waals surface area contributed by atoms with E-state index in [9.17, 15) is 18.0 Å². The van der Waals surface area contributed by atoms with Crippen LogP contribution < -0.4 is 5.32 Å². The number of nitrogens with one attached hydrogen (secondary N) is 1. The van der Waals surface area contributed by atoms with Crippen molar-refractivity contribution >= 4 is 27.4 Å². The van der Waals surface area contributed by atoms with Crippen LogP contribution in [-0.4, -0.2) is 46.2 Å². The molecule has 2 N–H and O–H groups in total. The molecule has 0 bridgehead atoms. The highest BCUT2D eigenvalue weighted by Gasteiger charge is 2.32. The molecule has 1 aromatic heterocycles. The topological polar surface area (TPSA) is 118 Å². The zero-order valence-corrected chi connectivity index (χ0v) is 14.0. The Balaban J connectivity index is 2.01. The number of carboxylic acid groups (broad SMARTS) is 1. The number of anilines is 1. The van der Waals surface area contributed by atoms with Gasteiger partial charge in [0.15, 0.2) is 15.4 Å². The van der Waals surface area contributed by atoms with Gasteiger partial charge in [-0.1, -0.05) is 12.8 Å². The minimum atomic E-state index is -3.45. The molecule has 0 aromatic carbocycles. The molecule has 0 atom stereocenters. The van der Waals surface area contributed by atoms with E-state index in [1.54, 1.807) is 0 Å². The summed E-state index contributed by atoms with van der Waals surface area (Å²) in [6, 6.07) is 0. The van der Waals surface area contributed by atoms with E-state index in [1.165, 1.54) is 30.9 Å². The van der Waals surface area contributed by atoms with Crippen LogP contribution in [0.1, 0.15) is 39.5 Å². The largest absolute Gasteiger partial charge is 0.479 e. The van der Waals surface area contributed by atoms with Crippen molar-refractivity contribution in [2.45, 2.75) is 50.3 Å². The summed E-state index contributed by atoms with van der Waals surface area (Å²) in [5.41, 5.74) is -0.996. The molecule has 0 radical (unpaired) electrons. The van der Waals surface area contributed by atoms with Gasteiger partial charge in [0.05, 0.1) is 17.1 Å². The third-order valence-electron chi connectivity index (χ3n) is 4.10. The van der Waals surface area contributed by atoms with Crippen molar-refractivity contribution in [2.75, 3.05) is 11.1 Å². The summed E-state index contributed by atoms with van der Waals surface area (Å²) in [6.07, 6.45) is 5.64. The van der Waals surface area contributed by atoms with Crippen LogP contribution in [0.3, 0.4) is 0 Å². The summed E-state index contributed by atoms with van der Waals surface area (Å²) in [5.74, 6) is -2.27. The number of hydrogen-bond donors (Lipinski definition) is 2. The lowest BCUT2D eigenvalue weighted by Crippen LogP contribution is -2.36. The van der Waals surface area contributed by atoms with Gasteiger partial charge in [-0.2, -0.15) is 5.10 Å². The smallest absolute Gasteiger partial charge is 0.331 e. The Morgan fingerprint density at radius 2 is 2.00 bits per heavy atom. The van der Waals surface area contributed by atoms with Crippen molar-refractivity contribution in [3.63, 3.8) is 0 Å². The number of amides is 1. The molecule has 23 heavy (non-hydrogen) atoms. The quantitative estimate of drug-likeness (QED) is 0.795. The normalized spacial score (nSPS) is 16.4. The molecule has 1 heterocycles. The summed E-state index contributed by atoms with van der Waals surface area (Å²) in [7, 11) is -3.45. The van der Waals surface area contributed by atoms with Crippen LogP contribution in [0.4, 0.5) is 5.69 Å². The Kier molecular flexibility index (Phi) is 4.79. The van der Waals surface area contributed by atoms with Crippen LogP contribution in [-0.2, 0) is 25.0 Å². The van der Waals surface area contributed by atoms with E-state index in [4.69, 9.17) is 5.11 Å². The first-order chi connectivity index (χ1) is 10.6. The van der Waals surface area contributed by atoms with E-state index in [1.807, 2.05) is 0 Å². The third-order valence-corrected chi connectivity index (χ3v) is 6.26. The van der Waals surface area contributed by atoms with E-state index in [0.717, 1.165) is 12.8 Å². The molecular weight excluding hydrogens is 322 g/mol. The number of hydrogen-bond acceptors (Lipinski definition) is 5. The fourth-order valence-electron chi connectivity index (χ4n) is 2.54. The number of sulfone groups is 1. The average molecular weight is 343 g/mol. The highest BCUT2D eigenvalue weighted by atomic mass is 32.2. The maximum absolute atomic E-state index is 12.1. The number of carbonyl (C=O) groups is 2. The predicted molar refractivity (Wildman–Crippen MR) is 83.9 cm³/mol. The van der Waals surface area contributed by atoms with Crippen molar-refractivity contribution in [1.82, 2.24) is 9.78 Å². The summed E-state index contributed by atoms with van der Waals surface area (Å²) in [6.45, 7) is 2.94. The molecule has 1 aliphatic rings. The first kappa shape index (κ1) is 17.5. The minimum Gasteiger partial charge on any atom is -0.479 e. The van der Waals surface area contributed by atoms with Crippen LogP contribution in [0, 0.1) is 0 Å². The Morgan fingerprint density at radius 1 is 1.39 bits per heavy atom. The Bertz CT molecular complexity index is 702. The maximum atomic E-state index is 12.1. The van der Waals surface area contributed by atoms with Crippen molar-refractivity contribution in [3.8, 4) is 0 Å². The average Bonchev–Trinajstić information content (AvgIpc) is 3.08. The van der Waals surface area contributed by atoms with Gasteiger partial charge in [0.1, 0.15) is 5.75 Å². The van der Waals surface area contributed by atoms with Crippen molar-refractivity contribution in [3.05, 3.63) is 12.4 Å². The highest BCUT2D eigenvalue weighted by Crippen LogP contribution is 2.25. The van der Waals surface area contributed by atoms with Gasteiger partial charge in [0.2, 0.25) is 5.91 Å². The molecule has 2 rings (SSSR count). The van der Waals surface area contributed by atoms with Crippen LogP contribution in [0.2, 0.25) is 0 Å². The Hall–Kier alpha value is -1.90. The van der Waals surface area contributed by atoms with E-state index >= 15 is 0 Å². The third kappa shape index (κ3) is 3.90. The van der Waals surface area contributed by atoms with Crippen molar-refractivity contribution in [2.24, 2.45) is 0 Å². The molecule has 1 saturated carbocycles. The number of carbonyl (C=O) groups excluding carboxylic acids is 1. The molecule has 1 fully saturated rings. The van der Waals surface area contributed by atoms with Crippen LogP contribution in [0.15, 0.2) is 12.4 Å². The lowest BCUT2D eigenvalue weighted by molar-refractivity contribution is -0.146. The van der Waals surface area contributed by atoms with Gasteiger partial charge in [0.25, 0.3) is 0 Å². The molecule has 0 spiro atoms. The zero-order valence-electron chi connectivity index (χ0n) is 13.2. The van der Waals surface area contributed by atoms with E-state index in [2.05, 4.69) is 10.4 Å². The van der Waals surface area contributed by atoms with Crippen LogP contribution >= 0.6 is 0 Å². The number of aliphatic carboxylic acids is 1. The van der Waals surface area contributed by atoms with Gasteiger partial charge in [-0.05, 0) is 26.7 Å². The lowest BCUT2D eigenvalue weighted by atomic mass is 10.1. The standard InChI is InChI=1S/C14H21N3O5S/c1-14(2,13(19)20)17-8-10(7-15-17)16-12(18)9-23(21,22)11-5-3-4-6-11/h7-8,11H,3-6,9H2,1-2H3,(H,16,18)(H,19,20). The first-order valence-electron chi connectivity index (χ1n) is 7.43. The molecule has 0 saturated heterocycles. The second-order valence-electron chi connectivity index (χ2n) is 6.30. The lowest BCUT2D eigenvalue weighted by Gasteiger charge is -2.19. The van der Waals surface area contributed by atoms with Crippen LogP contribution in [0.5, 0.6) is 0 Å². The summed E-state index contributed by atoms with van der Waals surface area (Å²) in [4.78, 5) is 23.1. The number of nitrogens with zero attached hydrogens (tertiary/aromatic N) is 2. The number of aromatic nitrogens is 2. The van der Waals surface area contributed by atoms with Gasteiger partial charge in [-0.25, -0.2) is 13.2 Å². The van der Waals surface area contributed by atoms with Crippen LogP contribution in [0.25, 0.3) is 0 Å². The molecule has 1 aromatic rings. The van der Waals surface area contributed by atoms with Gasteiger partial charge >= 0.3 is 5.97 Å². The number of rotatable bonds is 6. The Labute approximate surface area is 134 Å². The van der Waals surface area contributed by atoms with Gasteiger partial charge in [-0.15, -0.1) is 0 Å². The minimum absolute atomic E-state index is 0.269. The molecule has 0 aliphatic heterocycles. The van der Waals surface area contributed by atoms with Gasteiger partial charge < -0.3 is 10.4 Å². The monoisotopic (exact) mass is 343 g/mol. The summed E-state index contributed by atoms with van der Waals surface area (Å²) < 4.78 is 25.5. The summed E-state index contributed by atoms with van der Waals surface area (Å²) in [5, 5.41) is 15.1. The second kappa shape index (κ2) is 6.31. The van der Waals surface area contributed by atoms with E-state index < -0.39 is 38.3 Å². The summed E-state index contributed by atoms with van der Waals surface area (Å²) >= 11 is 0. The molecule has 9 heteroatoms. The molecule has 1 aliphatic carbocycles. The van der Waals surface area contributed by atoms with E-state index in [0.29, 0.717) is 12.8 Å². The number of carboxylic acids is 1. The fourth-order valence-corrected chi connectivity index (χ4v) is 4.26. The van der Waals surface area contributed by atoms with Gasteiger partial charge in [0, 0.05) is 6.20 Å². The molecule has 8 nitrogen and oxygen atoms in total. The SMILES string of the molecule is CC(C)(C(=O)O)n1cc(NC(=O)CS(=O)(=O)C2CCCC2)cn1. The maximum Gasteiger partial charge on any atom is 0.331 e. The van der Waals surface area contributed by atoms with Crippen molar-refractivity contribution < 1.29 is 23.1 Å². The van der Waals surface area contributed by atoms with Crippen molar-refractivity contribution in [1.29, 1.82) is 0 Å². The van der Waals surface area contributed by atoms with Gasteiger partial charge in [-0.3, -0.25) is 9.48 Å². The molecule has 128 valence electrons. The molecular formula is C14H21N3O5S. The molecule has 0 unspecified atom stereocenters.